The maximum atomic E-state index is 13.5. The van der Waals surface area contributed by atoms with Crippen molar-refractivity contribution in [1.29, 1.82) is 0 Å². The minimum absolute atomic E-state index is 0.171. The molecule has 0 bridgehead atoms. The minimum Gasteiger partial charge on any atom is -0.387 e. The number of aliphatic hydroxyl groups is 1. The number of hydrogen-bond donors (Lipinski definition) is 1. The lowest BCUT2D eigenvalue weighted by Crippen LogP contribution is -2.38. The topological polar surface area (TPSA) is 70.1 Å². The van der Waals surface area contributed by atoms with E-state index in [1.54, 1.807) is 24.3 Å². The molecule has 1 saturated heterocycles. The summed E-state index contributed by atoms with van der Waals surface area (Å²) >= 11 is 0. The van der Waals surface area contributed by atoms with E-state index in [0.29, 0.717) is 37.6 Å². The van der Waals surface area contributed by atoms with Crippen molar-refractivity contribution in [3.63, 3.8) is 0 Å². The van der Waals surface area contributed by atoms with Gasteiger partial charge in [-0.25, -0.2) is 8.42 Å². The molecule has 0 amide bonds. The molecule has 0 spiro atoms. The van der Waals surface area contributed by atoms with E-state index < -0.39 is 16.1 Å². The number of β-amino-alcohol motifs (C(OH)–C–C–N with tert-alkyl or cyclic N) is 1. The molecule has 3 rings (SSSR count). The summed E-state index contributed by atoms with van der Waals surface area (Å²) in [6, 6.07) is 12.5. The second kappa shape index (κ2) is 10.1. The smallest absolute Gasteiger partial charge is 0.264 e. The SMILES string of the molecule is Cc1ccc(N(CC(C)C)S(=O)(=O)c2ccc(C(O)CN3CCOCC3)cc2)c(C)c1. The van der Waals surface area contributed by atoms with Crippen LogP contribution in [0.15, 0.2) is 47.4 Å². The first kappa shape index (κ1) is 23.7. The van der Waals surface area contributed by atoms with E-state index in [4.69, 9.17) is 4.74 Å². The zero-order chi connectivity index (χ0) is 22.6. The third kappa shape index (κ3) is 5.86. The fourth-order valence-corrected chi connectivity index (χ4v) is 5.56. The molecule has 1 aliphatic heterocycles. The van der Waals surface area contributed by atoms with Crippen molar-refractivity contribution in [1.82, 2.24) is 4.90 Å². The summed E-state index contributed by atoms with van der Waals surface area (Å²) in [5, 5.41) is 10.6. The number of morpholine rings is 1. The van der Waals surface area contributed by atoms with Crippen molar-refractivity contribution >= 4 is 15.7 Å². The molecule has 170 valence electrons. The van der Waals surface area contributed by atoms with E-state index in [-0.39, 0.29) is 10.8 Å². The molecule has 1 aliphatic rings. The van der Waals surface area contributed by atoms with Gasteiger partial charge in [0.05, 0.1) is 29.9 Å². The molecule has 1 atom stereocenters. The highest BCUT2D eigenvalue weighted by atomic mass is 32.2. The van der Waals surface area contributed by atoms with E-state index in [0.717, 1.165) is 24.2 Å². The monoisotopic (exact) mass is 446 g/mol. The lowest BCUT2D eigenvalue weighted by atomic mass is 10.1. The van der Waals surface area contributed by atoms with Gasteiger partial charge in [0.1, 0.15) is 0 Å². The number of hydrogen-bond acceptors (Lipinski definition) is 5. The van der Waals surface area contributed by atoms with Gasteiger partial charge in [-0.05, 0) is 49.1 Å². The van der Waals surface area contributed by atoms with Gasteiger partial charge >= 0.3 is 0 Å². The zero-order valence-electron chi connectivity index (χ0n) is 18.9. The van der Waals surface area contributed by atoms with Crippen LogP contribution in [0, 0.1) is 19.8 Å². The second-order valence-corrected chi connectivity index (χ2v) is 10.6. The maximum Gasteiger partial charge on any atom is 0.264 e. The Balaban J connectivity index is 1.84. The molecule has 0 saturated carbocycles. The van der Waals surface area contributed by atoms with E-state index in [1.165, 1.54) is 4.31 Å². The van der Waals surface area contributed by atoms with Crippen LogP contribution in [0.25, 0.3) is 0 Å². The third-order valence-electron chi connectivity index (χ3n) is 5.54. The van der Waals surface area contributed by atoms with Crippen LogP contribution in [-0.4, -0.2) is 57.8 Å². The van der Waals surface area contributed by atoms with Crippen LogP contribution in [0.1, 0.15) is 36.6 Å². The van der Waals surface area contributed by atoms with Gasteiger partial charge in [-0.15, -0.1) is 0 Å². The van der Waals surface area contributed by atoms with E-state index >= 15 is 0 Å². The minimum atomic E-state index is -3.73. The van der Waals surface area contributed by atoms with Crippen LogP contribution in [-0.2, 0) is 14.8 Å². The van der Waals surface area contributed by atoms with Gasteiger partial charge in [0.2, 0.25) is 0 Å². The highest BCUT2D eigenvalue weighted by Gasteiger charge is 2.27. The van der Waals surface area contributed by atoms with Gasteiger partial charge < -0.3 is 9.84 Å². The molecule has 1 fully saturated rings. The Morgan fingerprint density at radius 1 is 1.06 bits per heavy atom. The predicted octanol–water partition coefficient (Wildman–Crippen LogP) is 3.52. The Morgan fingerprint density at radius 2 is 1.71 bits per heavy atom. The van der Waals surface area contributed by atoms with Crippen LogP contribution in [0.3, 0.4) is 0 Å². The van der Waals surface area contributed by atoms with Crippen LogP contribution in [0.2, 0.25) is 0 Å². The summed E-state index contributed by atoms with van der Waals surface area (Å²) in [5.41, 5.74) is 3.45. The number of sulfonamides is 1. The summed E-state index contributed by atoms with van der Waals surface area (Å²) in [6.45, 7) is 11.8. The third-order valence-corrected chi connectivity index (χ3v) is 7.33. The summed E-state index contributed by atoms with van der Waals surface area (Å²) in [7, 11) is -3.73. The number of anilines is 1. The first-order valence-corrected chi connectivity index (χ1v) is 12.3. The Labute approximate surface area is 186 Å². The lowest BCUT2D eigenvalue weighted by molar-refractivity contribution is 0.0143. The maximum absolute atomic E-state index is 13.5. The Kier molecular flexibility index (Phi) is 7.75. The molecule has 7 heteroatoms. The van der Waals surface area contributed by atoms with Crippen LogP contribution in [0.4, 0.5) is 5.69 Å². The molecule has 31 heavy (non-hydrogen) atoms. The van der Waals surface area contributed by atoms with Crippen LogP contribution in [0.5, 0.6) is 0 Å². The molecule has 2 aromatic rings. The Hall–Kier alpha value is -1.93. The molecular formula is C24H34N2O4S. The Morgan fingerprint density at radius 3 is 2.29 bits per heavy atom. The molecule has 6 nitrogen and oxygen atoms in total. The van der Waals surface area contributed by atoms with Gasteiger partial charge in [0.25, 0.3) is 10.0 Å². The van der Waals surface area contributed by atoms with Gasteiger partial charge in [-0.2, -0.15) is 0 Å². The summed E-state index contributed by atoms with van der Waals surface area (Å²) in [5.74, 6) is 0.171. The largest absolute Gasteiger partial charge is 0.387 e. The van der Waals surface area contributed by atoms with Gasteiger partial charge in [0, 0.05) is 26.2 Å². The first-order valence-electron chi connectivity index (χ1n) is 10.9. The lowest BCUT2D eigenvalue weighted by Gasteiger charge is -2.29. The van der Waals surface area contributed by atoms with Crippen molar-refractivity contribution in [2.24, 2.45) is 5.92 Å². The molecule has 2 aromatic carbocycles. The molecule has 0 aliphatic carbocycles. The standard InChI is InChI=1S/C24H34N2O4S/c1-18(2)16-26(23-10-5-19(3)15-20(23)4)31(28,29)22-8-6-21(7-9-22)24(27)17-25-11-13-30-14-12-25/h5-10,15,18,24,27H,11-14,16-17H2,1-4H3. The molecular weight excluding hydrogens is 412 g/mol. The summed E-state index contributed by atoms with van der Waals surface area (Å²) in [4.78, 5) is 2.39. The summed E-state index contributed by atoms with van der Waals surface area (Å²) in [6.07, 6.45) is -0.666. The van der Waals surface area contributed by atoms with Crippen molar-refractivity contribution in [2.75, 3.05) is 43.7 Å². The van der Waals surface area contributed by atoms with E-state index in [2.05, 4.69) is 4.90 Å². The number of rotatable bonds is 8. The van der Waals surface area contributed by atoms with Crippen molar-refractivity contribution in [3.8, 4) is 0 Å². The number of aliphatic hydroxyl groups excluding tert-OH is 1. The first-order chi connectivity index (χ1) is 14.7. The molecule has 0 radical (unpaired) electrons. The van der Waals surface area contributed by atoms with Crippen molar-refractivity contribution < 1.29 is 18.3 Å². The summed E-state index contributed by atoms with van der Waals surface area (Å²) < 4.78 is 33.9. The average molecular weight is 447 g/mol. The number of ether oxygens (including phenoxy) is 1. The van der Waals surface area contributed by atoms with E-state index in [1.807, 2.05) is 45.9 Å². The van der Waals surface area contributed by atoms with Crippen molar-refractivity contribution in [2.45, 2.75) is 38.7 Å². The zero-order valence-corrected chi connectivity index (χ0v) is 19.7. The van der Waals surface area contributed by atoms with Gasteiger partial charge in [0.15, 0.2) is 0 Å². The number of nitrogens with zero attached hydrogens (tertiary/aromatic N) is 2. The fraction of sp³-hybridized carbons (Fsp3) is 0.500. The molecule has 0 aromatic heterocycles. The van der Waals surface area contributed by atoms with Gasteiger partial charge in [-0.3, -0.25) is 9.21 Å². The highest BCUT2D eigenvalue weighted by Crippen LogP contribution is 2.29. The molecule has 1 unspecified atom stereocenters. The van der Waals surface area contributed by atoms with Crippen molar-refractivity contribution in [3.05, 3.63) is 59.2 Å². The van der Waals surface area contributed by atoms with Crippen LogP contribution >= 0.6 is 0 Å². The molecule has 1 heterocycles. The number of aryl methyl sites for hydroxylation is 2. The fourth-order valence-electron chi connectivity index (χ4n) is 3.87. The highest BCUT2D eigenvalue weighted by molar-refractivity contribution is 7.92. The predicted molar refractivity (Wildman–Crippen MR) is 124 cm³/mol. The average Bonchev–Trinajstić information content (AvgIpc) is 2.73. The quantitative estimate of drug-likeness (QED) is 0.672. The second-order valence-electron chi connectivity index (χ2n) is 8.72. The van der Waals surface area contributed by atoms with Gasteiger partial charge in [-0.1, -0.05) is 43.7 Å². The molecule has 1 N–H and O–H groups in total. The Bertz CT molecular complexity index is 968. The van der Waals surface area contributed by atoms with Crippen LogP contribution < -0.4 is 4.31 Å². The normalized spacial score (nSPS) is 16.5. The van der Waals surface area contributed by atoms with E-state index in [9.17, 15) is 13.5 Å². The number of benzene rings is 2.